The third-order valence-electron chi connectivity index (χ3n) is 6.31. The Kier molecular flexibility index (Phi) is 8.98. The molecule has 1 aliphatic rings. The number of nitrogens with one attached hydrogen (secondary N) is 1. The number of hydrogen-bond donors (Lipinski definition) is 1. The van der Waals surface area contributed by atoms with E-state index in [9.17, 15) is 9.59 Å². The van der Waals surface area contributed by atoms with Gasteiger partial charge in [-0.25, -0.2) is 4.79 Å². The molecule has 1 saturated carbocycles. The minimum Gasteiger partial charge on any atom is -0.490 e. The summed E-state index contributed by atoms with van der Waals surface area (Å²) in [6.45, 7) is 0. The summed E-state index contributed by atoms with van der Waals surface area (Å²) >= 11 is 0. The second-order valence-electron chi connectivity index (χ2n) is 9.06. The SMILES string of the molecule is COC(=O)c1ccccc1NC(=O)Cc1ccc(Oc2ccc(OC3CCCCCCC3)cc2)cc1. The van der Waals surface area contributed by atoms with Crippen LogP contribution in [0.3, 0.4) is 0 Å². The predicted molar refractivity (Wildman–Crippen MR) is 140 cm³/mol. The quantitative estimate of drug-likeness (QED) is 0.349. The van der Waals surface area contributed by atoms with E-state index in [2.05, 4.69) is 5.32 Å². The highest BCUT2D eigenvalue weighted by molar-refractivity contribution is 6.01. The lowest BCUT2D eigenvalue weighted by molar-refractivity contribution is -0.115. The Morgan fingerprint density at radius 2 is 1.36 bits per heavy atom. The van der Waals surface area contributed by atoms with E-state index in [4.69, 9.17) is 14.2 Å². The van der Waals surface area contributed by atoms with Crippen molar-refractivity contribution in [2.24, 2.45) is 0 Å². The molecule has 0 radical (unpaired) electrons. The molecule has 1 fully saturated rings. The Labute approximate surface area is 212 Å². The van der Waals surface area contributed by atoms with Crippen LogP contribution in [-0.2, 0) is 16.0 Å². The fraction of sp³-hybridized carbons (Fsp3) is 0.333. The molecule has 3 aromatic carbocycles. The number of carbonyl (C=O) groups is 2. The summed E-state index contributed by atoms with van der Waals surface area (Å²) in [5.74, 6) is 1.57. The highest BCUT2D eigenvalue weighted by Crippen LogP contribution is 2.27. The summed E-state index contributed by atoms with van der Waals surface area (Å²) in [7, 11) is 1.31. The normalized spacial score (nSPS) is 14.2. The number of ether oxygens (including phenoxy) is 3. The van der Waals surface area contributed by atoms with Gasteiger partial charge in [-0.1, -0.05) is 43.5 Å². The number of rotatable bonds is 8. The summed E-state index contributed by atoms with van der Waals surface area (Å²) in [6, 6.07) is 21.9. The number of benzene rings is 3. The molecule has 1 N–H and O–H groups in total. The van der Waals surface area contributed by atoms with Crippen molar-refractivity contribution in [2.75, 3.05) is 12.4 Å². The molecule has 0 spiro atoms. The molecule has 0 saturated heterocycles. The fourth-order valence-electron chi connectivity index (χ4n) is 4.39. The molecule has 0 unspecified atom stereocenters. The molecule has 1 amide bonds. The number of hydrogen-bond acceptors (Lipinski definition) is 5. The van der Waals surface area contributed by atoms with Gasteiger partial charge in [-0.3, -0.25) is 4.79 Å². The Balaban J connectivity index is 1.29. The van der Waals surface area contributed by atoms with Gasteiger partial charge in [0.05, 0.1) is 30.9 Å². The van der Waals surface area contributed by atoms with E-state index < -0.39 is 5.97 Å². The first kappa shape index (κ1) is 25.3. The van der Waals surface area contributed by atoms with Crippen LogP contribution in [-0.4, -0.2) is 25.1 Å². The van der Waals surface area contributed by atoms with Crippen LogP contribution in [0.5, 0.6) is 17.2 Å². The molecule has 0 aromatic heterocycles. The topological polar surface area (TPSA) is 73.9 Å². The van der Waals surface area contributed by atoms with Crippen LogP contribution in [0.2, 0.25) is 0 Å². The molecular formula is C30H33NO5. The Morgan fingerprint density at radius 3 is 2.03 bits per heavy atom. The number of esters is 1. The largest absolute Gasteiger partial charge is 0.490 e. The first-order chi connectivity index (χ1) is 17.6. The molecule has 1 aliphatic carbocycles. The zero-order valence-electron chi connectivity index (χ0n) is 20.7. The molecule has 188 valence electrons. The summed E-state index contributed by atoms with van der Waals surface area (Å²) in [5.41, 5.74) is 1.58. The second kappa shape index (κ2) is 12.8. The van der Waals surface area contributed by atoms with Crippen LogP contribution < -0.4 is 14.8 Å². The van der Waals surface area contributed by atoms with Gasteiger partial charge in [-0.15, -0.1) is 0 Å². The van der Waals surface area contributed by atoms with E-state index >= 15 is 0 Å². The van der Waals surface area contributed by atoms with Gasteiger partial charge < -0.3 is 19.5 Å². The van der Waals surface area contributed by atoms with Gasteiger partial charge in [0, 0.05) is 0 Å². The van der Waals surface area contributed by atoms with Crippen LogP contribution in [0.25, 0.3) is 0 Å². The van der Waals surface area contributed by atoms with Gasteiger partial charge in [0.15, 0.2) is 0 Å². The lowest BCUT2D eigenvalue weighted by Gasteiger charge is -2.21. The van der Waals surface area contributed by atoms with Crippen LogP contribution in [0.15, 0.2) is 72.8 Å². The maximum absolute atomic E-state index is 12.5. The van der Waals surface area contributed by atoms with Crippen molar-refractivity contribution in [2.45, 2.75) is 57.5 Å². The molecule has 0 heterocycles. The average Bonchev–Trinajstić information content (AvgIpc) is 2.87. The molecule has 0 aliphatic heterocycles. The van der Waals surface area contributed by atoms with Gasteiger partial charge >= 0.3 is 5.97 Å². The number of methoxy groups -OCH3 is 1. The standard InChI is InChI=1S/C30H33NO5/c1-34-30(33)27-11-7-8-12-28(27)31-29(32)21-22-13-15-24(16-14-22)36-26-19-17-25(18-20-26)35-23-9-5-3-2-4-6-10-23/h7-8,11-20,23H,2-6,9-10,21H2,1H3,(H,31,32). The molecule has 4 rings (SSSR count). The summed E-state index contributed by atoms with van der Waals surface area (Å²) < 4.78 is 16.9. The fourth-order valence-corrected chi connectivity index (χ4v) is 4.39. The smallest absolute Gasteiger partial charge is 0.339 e. The van der Waals surface area contributed by atoms with Crippen molar-refractivity contribution in [3.05, 3.63) is 83.9 Å². The maximum atomic E-state index is 12.5. The van der Waals surface area contributed by atoms with E-state index in [1.807, 2.05) is 48.5 Å². The summed E-state index contributed by atoms with van der Waals surface area (Å²) in [6.07, 6.45) is 9.16. The van der Waals surface area contributed by atoms with E-state index in [1.54, 1.807) is 24.3 Å². The average molecular weight is 488 g/mol. The van der Waals surface area contributed by atoms with Gasteiger partial charge in [-0.05, 0) is 79.8 Å². The van der Waals surface area contributed by atoms with Crippen LogP contribution in [0.4, 0.5) is 5.69 Å². The van der Waals surface area contributed by atoms with Crippen molar-refractivity contribution in [1.82, 2.24) is 0 Å². The number of para-hydroxylation sites is 1. The van der Waals surface area contributed by atoms with Gasteiger partial charge in [0.1, 0.15) is 17.2 Å². The number of carbonyl (C=O) groups excluding carboxylic acids is 2. The van der Waals surface area contributed by atoms with E-state index in [0.717, 1.165) is 29.9 Å². The van der Waals surface area contributed by atoms with Crippen molar-refractivity contribution in [3.8, 4) is 17.2 Å². The predicted octanol–water partition coefficient (Wildman–Crippen LogP) is 6.94. The van der Waals surface area contributed by atoms with Gasteiger partial charge in [0.25, 0.3) is 0 Å². The molecule has 36 heavy (non-hydrogen) atoms. The second-order valence-corrected chi connectivity index (χ2v) is 9.06. The first-order valence-corrected chi connectivity index (χ1v) is 12.6. The van der Waals surface area contributed by atoms with Crippen LogP contribution in [0.1, 0.15) is 60.9 Å². The van der Waals surface area contributed by atoms with E-state index in [-0.39, 0.29) is 12.3 Å². The zero-order chi connectivity index (χ0) is 25.2. The lowest BCUT2D eigenvalue weighted by atomic mass is 9.98. The Bertz CT molecular complexity index is 1130. The molecule has 6 heteroatoms. The van der Waals surface area contributed by atoms with Gasteiger partial charge in [0.2, 0.25) is 5.91 Å². The number of anilines is 1. The first-order valence-electron chi connectivity index (χ1n) is 12.6. The highest BCUT2D eigenvalue weighted by atomic mass is 16.5. The third-order valence-corrected chi connectivity index (χ3v) is 6.31. The van der Waals surface area contributed by atoms with Crippen molar-refractivity contribution < 1.29 is 23.8 Å². The summed E-state index contributed by atoms with van der Waals surface area (Å²) in [5, 5.41) is 2.79. The number of amides is 1. The maximum Gasteiger partial charge on any atom is 0.339 e. The van der Waals surface area contributed by atoms with Crippen molar-refractivity contribution in [1.29, 1.82) is 0 Å². The van der Waals surface area contributed by atoms with Crippen molar-refractivity contribution >= 4 is 17.6 Å². The van der Waals surface area contributed by atoms with Gasteiger partial charge in [-0.2, -0.15) is 0 Å². The van der Waals surface area contributed by atoms with Crippen LogP contribution in [0, 0.1) is 0 Å². The molecule has 0 atom stereocenters. The minimum atomic E-state index is -0.494. The molecular weight excluding hydrogens is 454 g/mol. The van der Waals surface area contributed by atoms with Crippen LogP contribution >= 0.6 is 0 Å². The minimum absolute atomic E-state index is 0.170. The zero-order valence-corrected chi connectivity index (χ0v) is 20.7. The third kappa shape index (κ3) is 7.35. The Morgan fingerprint density at radius 1 is 0.778 bits per heavy atom. The molecule has 3 aromatic rings. The summed E-state index contributed by atoms with van der Waals surface area (Å²) in [4.78, 5) is 24.4. The van der Waals surface area contributed by atoms with E-state index in [0.29, 0.717) is 23.1 Å². The molecule has 0 bridgehead atoms. The molecule has 6 nitrogen and oxygen atoms in total. The van der Waals surface area contributed by atoms with E-state index in [1.165, 1.54) is 39.2 Å². The lowest BCUT2D eigenvalue weighted by Crippen LogP contribution is -2.17. The monoisotopic (exact) mass is 487 g/mol. The highest BCUT2D eigenvalue weighted by Gasteiger charge is 2.14. The van der Waals surface area contributed by atoms with Crippen molar-refractivity contribution in [3.63, 3.8) is 0 Å². The Hall–Kier alpha value is -3.80.